The van der Waals surface area contributed by atoms with Crippen LogP contribution in [0.3, 0.4) is 0 Å². The molecule has 10 nitrogen and oxygen atoms in total. The van der Waals surface area contributed by atoms with E-state index in [0.29, 0.717) is 48.4 Å². The van der Waals surface area contributed by atoms with Crippen LogP contribution in [-0.4, -0.2) is 77.6 Å². The van der Waals surface area contributed by atoms with Crippen LogP contribution in [0.4, 0.5) is 16.0 Å². The first-order chi connectivity index (χ1) is 20.3. The van der Waals surface area contributed by atoms with Crippen LogP contribution < -0.4 is 15.5 Å². The van der Waals surface area contributed by atoms with Crippen LogP contribution in [0.2, 0.25) is 5.02 Å². The van der Waals surface area contributed by atoms with Crippen molar-refractivity contribution in [1.29, 1.82) is 0 Å². The Kier molecular flexibility index (Phi) is 9.09. The summed E-state index contributed by atoms with van der Waals surface area (Å²) < 4.78 is 19.1. The van der Waals surface area contributed by atoms with Gasteiger partial charge in [0.2, 0.25) is 11.9 Å². The molecular weight excluding hydrogens is 561 g/mol. The molecule has 2 aromatic heterocycles. The SMILES string of the molecule is COC(=O)C(CNC(C)=O)N1CCN(c2ncc(-c3ccc4ncc(Cl)c(NCc5ccccc5F)c4c3)cn2)CC1. The Morgan fingerprint density at radius 2 is 1.76 bits per heavy atom. The third kappa shape index (κ3) is 6.58. The van der Waals surface area contributed by atoms with Gasteiger partial charge < -0.3 is 20.3 Å². The summed E-state index contributed by atoms with van der Waals surface area (Å²) in [5.41, 5.74) is 3.66. The predicted octanol–water partition coefficient (Wildman–Crippen LogP) is 3.90. The van der Waals surface area contributed by atoms with Gasteiger partial charge in [-0.2, -0.15) is 0 Å². The summed E-state index contributed by atoms with van der Waals surface area (Å²) in [6, 6.07) is 11.9. The van der Waals surface area contributed by atoms with E-state index in [4.69, 9.17) is 16.3 Å². The number of rotatable bonds is 9. The van der Waals surface area contributed by atoms with E-state index in [1.165, 1.54) is 20.1 Å². The number of hydrogen-bond acceptors (Lipinski definition) is 9. The summed E-state index contributed by atoms with van der Waals surface area (Å²) in [6.07, 6.45) is 5.13. The molecule has 0 saturated carbocycles. The smallest absolute Gasteiger partial charge is 0.324 e. The molecule has 218 valence electrons. The van der Waals surface area contributed by atoms with Crippen LogP contribution in [0.1, 0.15) is 12.5 Å². The number of anilines is 2. The maximum atomic E-state index is 14.2. The number of halogens is 2. The normalized spacial score (nSPS) is 14.4. The fourth-order valence-electron chi connectivity index (χ4n) is 4.96. The second-order valence-corrected chi connectivity index (χ2v) is 10.3. The van der Waals surface area contributed by atoms with Crippen molar-refractivity contribution in [3.63, 3.8) is 0 Å². The highest BCUT2D eigenvalue weighted by atomic mass is 35.5. The van der Waals surface area contributed by atoms with Crippen molar-refractivity contribution in [3.8, 4) is 11.1 Å². The highest BCUT2D eigenvalue weighted by Gasteiger charge is 2.30. The Hall–Kier alpha value is -4.35. The molecule has 2 aromatic carbocycles. The molecule has 1 aliphatic heterocycles. The number of fused-ring (bicyclic) bond motifs is 1. The summed E-state index contributed by atoms with van der Waals surface area (Å²) >= 11 is 6.50. The number of benzene rings is 2. The van der Waals surface area contributed by atoms with Gasteiger partial charge in [-0.25, -0.2) is 14.4 Å². The number of ether oxygens (including phenoxy) is 1. The Balaban J connectivity index is 1.29. The lowest BCUT2D eigenvalue weighted by molar-refractivity contribution is -0.147. The van der Waals surface area contributed by atoms with Gasteiger partial charge in [0.15, 0.2) is 0 Å². The Morgan fingerprint density at radius 3 is 2.45 bits per heavy atom. The highest BCUT2D eigenvalue weighted by molar-refractivity contribution is 6.34. The van der Waals surface area contributed by atoms with Gasteiger partial charge in [-0.3, -0.25) is 19.5 Å². The number of amides is 1. The van der Waals surface area contributed by atoms with E-state index in [2.05, 4.69) is 30.5 Å². The van der Waals surface area contributed by atoms with E-state index in [1.807, 2.05) is 23.1 Å². The molecule has 1 unspecified atom stereocenters. The molecule has 0 spiro atoms. The number of hydrogen-bond donors (Lipinski definition) is 2. The molecule has 1 fully saturated rings. The number of aromatic nitrogens is 3. The molecular formula is C30H31ClFN7O3. The molecule has 1 aliphatic rings. The minimum absolute atomic E-state index is 0.195. The number of nitrogens with zero attached hydrogens (tertiary/aromatic N) is 5. The second-order valence-electron chi connectivity index (χ2n) is 9.93. The van der Waals surface area contributed by atoms with Crippen LogP contribution in [0.15, 0.2) is 61.1 Å². The molecule has 3 heterocycles. The van der Waals surface area contributed by atoms with E-state index in [-0.39, 0.29) is 30.8 Å². The number of piperazine rings is 1. The lowest BCUT2D eigenvalue weighted by Gasteiger charge is -2.38. The van der Waals surface area contributed by atoms with Gasteiger partial charge in [0.05, 0.1) is 23.3 Å². The molecule has 12 heteroatoms. The van der Waals surface area contributed by atoms with Crippen LogP contribution in [0.5, 0.6) is 0 Å². The molecule has 0 bridgehead atoms. The van der Waals surface area contributed by atoms with Crippen LogP contribution in [-0.2, 0) is 20.9 Å². The van der Waals surface area contributed by atoms with Crippen molar-refractivity contribution in [3.05, 3.63) is 77.5 Å². The second kappa shape index (κ2) is 13.1. The quantitative estimate of drug-likeness (QED) is 0.280. The molecule has 2 N–H and O–H groups in total. The van der Waals surface area contributed by atoms with E-state index in [1.54, 1.807) is 36.8 Å². The van der Waals surface area contributed by atoms with Gasteiger partial charge in [-0.05, 0) is 23.8 Å². The van der Waals surface area contributed by atoms with E-state index < -0.39 is 6.04 Å². The first-order valence-electron chi connectivity index (χ1n) is 13.5. The van der Waals surface area contributed by atoms with Crippen molar-refractivity contribution in [1.82, 2.24) is 25.2 Å². The summed E-state index contributed by atoms with van der Waals surface area (Å²) in [7, 11) is 1.35. The van der Waals surface area contributed by atoms with Crippen molar-refractivity contribution >= 4 is 46.0 Å². The van der Waals surface area contributed by atoms with Crippen molar-refractivity contribution in [2.75, 3.05) is 50.1 Å². The lowest BCUT2D eigenvalue weighted by atomic mass is 10.0. The van der Waals surface area contributed by atoms with Crippen LogP contribution in [0.25, 0.3) is 22.0 Å². The maximum Gasteiger partial charge on any atom is 0.324 e. The van der Waals surface area contributed by atoms with Crippen LogP contribution >= 0.6 is 11.6 Å². The molecule has 0 radical (unpaired) electrons. The number of carbonyl (C=O) groups is 2. The fraction of sp³-hybridized carbons (Fsp3) is 0.300. The highest BCUT2D eigenvalue weighted by Crippen LogP contribution is 2.33. The Labute approximate surface area is 247 Å². The summed E-state index contributed by atoms with van der Waals surface area (Å²) in [6.45, 7) is 4.29. The third-order valence-electron chi connectivity index (χ3n) is 7.26. The number of esters is 1. The molecule has 1 amide bonds. The summed E-state index contributed by atoms with van der Waals surface area (Å²) in [5, 5.41) is 7.22. The minimum atomic E-state index is -0.550. The molecule has 1 saturated heterocycles. The van der Waals surface area contributed by atoms with Gasteiger partial charge in [-0.15, -0.1) is 0 Å². The average Bonchev–Trinajstić information content (AvgIpc) is 3.01. The summed E-state index contributed by atoms with van der Waals surface area (Å²) in [5.74, 6) is -0.271. The first kappa shape index (κ1) is 29.2. The zero-order valence-corrected chi connectivity index (χ0v) is 24.1. The largest absolute Gasteiger partial charge is 0.468 e. The van der Waals surface area contributed by atoms with Crippen molar-refractivity contribution < 1.29 is 18.7 Å². The fourth-order valence-corrected chi connectivity index (χ4v) is 5.18. The average molecular weight is 592 g/mol. The van der Waals surface area contributed by atoms with Gasteiger partial charge in [0.1, 0.15) is 11.9 Å². The number of pyridine rings is 1. The number of methoxy groups -OCH3 is 1. The molecule has 42 heavy (non-hydrogen) atoms. The maximum absolute atomic E-state index is 14.2. The van der Waals surface area contributed by atoms with Crippen molar-refractivity contribution in [2.24, 2.45) is 0 Å². The topological polar surface area (TPSA) is 113 Å². The zero-order valence-electron chi connectivity index (χ0n) is 23.3. The number of nitrogens with one attached hydrogen (secondary N) is 2. The Morgan fingerprint density at radius 1 is 1.02 bits per heavy atom. The molecule has 4 aromatic rings. The van der Waals surface area contributed by atoms with Crippen LogP contribution in [0, 0.1) is 5.82 Å². The number of carbonyl (C=O) groups excluding carboxylic acids is 2. The van der Waals surface area contributed by atoms with E-state index in [0.717, 1.165) is 22.0 Å². The van der Waals surface area contributed by atoms with Gasteiger partial charge in [0.25, 0.3) is 0 Å². The predicted molar refractivity (Wildman–Crippen MR) is 160 cm³/mol. The monoisotopic (exact) mass is 591 g/mol. The van der Waals surface area contributed by atoms with Gasteiger partial charge in [-0.1, -0.05) is 35.9 Å². The summed E-state index contributed by atoms with van der Waals surface area (Å²) in [4.78, 5) is 41.4. The van der Waals surface area contributed by atoms with Gasteiger partial charge in [0, 0.05) is 81.3 Å². The standard InChI is InChI=1S/C30H31ClFN7O3/c1-19(40)33-18-27(29(41)42-2)38-9-11-39(12-10-38)30-36-15-22(16-37-30)20-7-8-26-23(13-20)28(24(31)17-34-26)35-14-21-5-3-4-6-25(21)32/h3-8,13,15-17,27H,9-12,14,18H2,1-2H3,(H,33,40)(H,34,35). The van der Waals surface area contributed by atoms with E-state index in [9.17, 15) is 14.0 Å². The van der Waals surface area contributed by atoms with Gasteiger partial charge >= 0.3 is 5.97 Å². The first-order valence-corrected chi connectivity index (χ1v) is 13.9. The molecule has 0 aliphatic carbocycles. The molecule has 1 atom stereocenters. The lowest BCUT2D eigenvalue weighted by Crippen LogP contribution is -2.56. The minimum Gasteiger partial charge on any atom is -0.468 e. The van der Waals surface area contributed by atoms with Crippen molar-refractivity contribution in [2.45, 2.75) is 19.5 Å². The third-order valence-corrected chi connectivity index (χ3v) is 7.55. The molecule has 5 rings (SSSR count). The zero-order chi connectivity index (χ0) is 29.6. The Bertz CT molecular complexity index is 1580. The van der Waals surface area contributed by atoms with E-state index >= 15 is 0 Å².